The number of cyclic esters (lactones) is 1. The topological polar surface area (TPSA) is 101 Å². The Morgan fingerprint density at radius 1 is 1.40 bits per heavy atom. The first-order valence-corrected chi connectivity index (χ1v) is 4.50. The highest BCUT2D eigenvalue weighted by molar-refractivity contribution is 6.19. The molecule has 0 aromatic heterocycles. The third kappa shape index (κ3) is 2.05. The van der Waals surface area contributed by atoms with Crippen molar-refractivity contribution in [2.24, 2.45) is 5.92 Å². The molecule has 15 heavy (non-hydrogen) atoms. The van der Waals surface area contributed by atoms with Crippen molar-refractivity contribution < 1.29 is 29.3 Å². The molecular weight excluding hydrogens is 204 g/mol. The SMILES string of the molecule is CC(C)C(O)C(=O)[C@H]1OC(=O)C(O)C1=O. The Morgan fingerprint density at radius 2 is 1.93 bits per heavy atom. The van der Waals surface area contributed by atoms with Crippen LogP contribution in [0.1, 0.15) is 13.8 Å². The van der Waals surface area contributed by atoms with Gasteiger partial charge in [0, 0.05) is 0 Å². The fraction of sp³-hybridized carbons (Fsp3) is 0.667. The average Bonchev–Trinajstić information content (AvgIpc) is 2.43. The number of aliphatic hydroxyl groups excluding tert-OH is 2. The Morgan fingerprint density at radius 3 is 2.27 bits per heavy atom. The summed E-state index contributed by atoms with van der Waals surface area (Å²) in [6, 6.07) is 0. The van der Waals surface area contributed by atoms with Gasteiger partial charge in [-0.15, -0.1) is 0 Å². The molecule has 1 heterocycles. The van der Waals surface area contributed by atoms with Gasteiger partial charge in [-0.25, -0.2) is 4.79 Å². The van der Waals surface area contributed by atoms with Crippen LogP contribution in [-0.2, 0) is 19.1 Å². The van der Waals surface area contributed by atoms with E-state index in [1.54, 1.807) is 13.8 Å². The maximum Gasteiger partial charge on any atom is 0.344 e. The predicted molar refractivity (Wildman–Crippen MR) is 46.7 cm³/mol. The molecule has 0 aromatic rings. The van der Waals surface area contributed by atoms with Gasteiger partial charge in [0.05, 0.1) is 0 Å². The molecule has 0 saturated carbocycles. The van der Waals surface area contributed by atoms with Gasteiger partial charge in [-0.2, -0.15) is 0 Å². The van der Waals surface area contributed by atoms with E-state index in [2.05, 4.69) is 4.74 Å². The Balaban J connectivity index is 2.79. The summed E-state index contributed by atoms with van der Waals surface area (Å²) in [6.45, 7) is 3.17. The van der Waals surface area contributed by atoms with Crippen LogP contribution in [0.2, 0.25) is 0 Å². The number of carbonyl (C=O) groups is 3. The Hall–Kier alpha value is -1.27. The molecule has 1 aliphatic rings. The van der Waals surface area contributed by atoms with Crippen molar-refractivity contribution in [3.05, 3.63) is 0 Å². The number of hydrogen-bond acceptors (Lipinski definition) is 6. The highest BCUT2D eigenvalue weighted by Crippen LogP contribution is 2.16. The molecule has 6 nitrogen and oxygen atoms in total. The van der Waals surface area contributed by atoms with E-state index in [1.165, 1.54) is 0 Å². The molecule has 0 radical (unpaired) electrons. The van der Waals surface area contributed by atoms with Crippen LogP contribution in [-0.4, -0.2) is 46.1 Å². The zero-order chi connectivity index (χ0) is 11.7. The van der Waals surface area contributed by atoms with Gasteiger partial charge < -0.3 is 14.9 Å². The molecule has 0 aliphatic carbocycles. The number of aliphatic hydroxyl groups is 2. The number of carbonyl (C=O) groups excluding carboxylic acids is 3. The molecule has 2 unspecified atom stereocenters. The summed E-state index contributed by atoms with van der Waals surface area (Å²) >= 11 is 0. The summed E-state index contributed by atoms with van der Waals surface area (Å²) in [5.74, 6) is -3.43. The zero-order valence-corrected chi connectivity index (χ0v) is 8.34. The van der Waals surface area contributed by atoms with Crippen LogP contribution in [0.25, 0.3) is 0 Å². The Kier molecular flexibility index (Phi) is 3.21. The lowest BCUT2D eigenvalue weighted by molar-refractivity contribution is -0.154. The lowest BCUT2D eigenvalue weighted by atomic mass is 9.97. The van der Waals surface area contributed by atoms with Crippen LogP contribution in [0.15, 0.2) is 0 Å². The predicted octanol–water partition coefficient (Wildman–Crippen LogP) is -1.57. The molecular formula is C9H12O6. The van der Waals surface area contributed by atoms with Crippen molar-refractivity contribution in [2.75, 3.05) is 0 Å². The van der Waals surface area contributed by atoms with Gasteiger partial charge in [-0.05, 0) is 5.92 Å². The van der Waals surface area contributed by atoms with Gasteiger partial charge in [0.25, 0.3) is 0 Å². The molecule has 1 saturated heterocycles. The molecule has 6 heteroatoms. The summed E-state index contributed by atoms with van der Waals surface area (Å²) in [5.41, 5.74) is 0. The minimum absolute atomic E-state index is 0.387. The highest BCUT2D eigenvalue weighted by Gasteiger charge is 2.48. The van der Waals surface area contributed by atoms with Crippen molar-refractivity contribution in [3.8, 4) is 0 Å². The average molecular weight is 216 g/mol. The monoisotopic (exact) mass is 216 g/mol. The minimum Gasteiger partial charge on any atom is -0.444 e. The highest BCUT2D eigenvalue weighted by atomic mass is 16.6. The van der Waals surface area contributed by atoms with Crippen LogP contribution < -0.4 is 0 Å². The maximum atomic E-state index is 11.4. The summed E-state index contributed by atoms with van der Waals surface area (Å²) in [4.78, 5) is 33.4. The largest absolute Gasteiger partial charge is 0.444 e. The van der Waals surface area contributed by atoms with E-state index in [0.29, 0.717) is 0 Å². The van der Waals surface area contributed by atoms with E-state index in [-0.39, 0.29) is 5.92 Å². The fourth-order valence-corrected chi connectivity index (χ4v) is 1.18. The van der Waals surface area contributed by atoms with Crippen LogP contribution >= 0.6 is 0 Å². The molecule has 0 bridgehead atoms. The zero-order valence-electron chi connectivity index (χ0n) is 8.34. The molecule has 3 atom stereocenters. The summed E-state index contributed by atoms with van der Waals surface area (Å²) in [7, 11) is 0. The van der Waals surface area contributed by atoms with Crippen molar-refractivity contribution in [3.63, 3.8) is 0 Å². The van der Waals surface area contributed by atoms with Gasteiger partial charge in [-0.3, -0.25) is 9.59 Å². The van der Waals surface area contributed by atoms with E-state index < -0.39 is 35.8 Å². The number of ketones is 2. The second kappa shape index (κ2) is 4.08. The van der Waals surface area contributed by atoms with E-state index in [9.17, 15) is 19.5 Å². The molecule has 1 rings (SSSR count). The lowest BCUT2D eigenvalue weighted by Gasteiger charge is -2.15. The quantitative estimate of drug-likeness (QED) is 0.436. The Bertz CT molecular complexity index is 308. The first kappa shape index (κ1) is 11.8. The van der Waals surface area contributed by atoms with Crippen molar-refractivity contribution in [1.29, 1.82) is 0 Å². The summed E-state index contributed by atoms with van der Waals surface area (Å²) < 4.78 is 4.37. The molecule has 0 spiro atoms. The van der Waals surface area contributed by atoms with E-state index >= 15 is 0 Å². The second-order valence-electron chi connectivity index (χ2n) is 3.71. The maximum absolute atomic E-state index is 11.4. The lowest BCUT2D eigenvalue weighted by Crippen LogP contribution is -2.40. The summed E-state index contributed by atoms with van der Waals surface area (Å²) in [6.07, 6.45) is -4.94. The fourth-order valence-electron chi connectivity index (χ4n) is 1.18. The van der Waals surface area contributed by atoms with Crippen LogP contribution in [0, 0.1) is 5.92 Å². The van der Waals surface area contributed by atoms with Crippen molar-refractivity contribution in [2.45, 2.75) is 32.2 Å². The molecule has 2 N–H and O–H groups in total. The third-order valence-electron chi connectivity index (χ3n) is 2.17. The Labute approximate surface area is 85.8 Å². The molecule has 1 aliphatic heterocycles. The standard InChI is InChI=1S/C9H12O6/c1-3(2)4(10)5(11)8-6(12)7(13)9(14)15-8/h3-4,7-8,10,13H,1-2H3/t4?,7?,8-/m1/s1. The van der Waals surface area contributed by atoms with Gasteiger partial charge in [0.1, 0.15) is 6.10 Å². The number of ether oxygens (including phenoxy) is 1. The van der Waals surface area contributed by atoms with Crippen LogP contribution in [0.3, 0.4) is 0 Å². The van der Waals surface area contributed by atoms with Crippen LogP contribution in [0.4, 0.5) is 0 Å². The van der Waals surface area contributed by atoms with E-state index in [0.717, 1.165) is 0 Å². The minimum atomic E-state index is -1.90. The number of Topliss-reactive ketones (excluding diaryl/α,β-unsaturated/α-hetero) is 2. The van der Waals surface area contributed by atoms with Crippen molar-refractivity contribution >= 4 is 17.5 Å². The van der Waals surface area contributed by atoms with Gasteiger partial charge >= 0.3 is 5.97 Å². The van der Waals surface area contributed by atoms with Crippen LogP contribution in [0.5, 0.6) is 0 Å². The summed E-state index contributed by atoms with van der Waals surface area (Å²) in [5, 5.41) is 18.3. The number of rotatable bonds is 3. The molecule has 1 fully saturated rings. The normalized spacial score (nSPS) is 28.1. The van der Waals surface area contributed by atoms with E-state index in [4.69, 9.17) is 5.11 Å². The van der Waals surface area contributed by atoms with Gasteiger partial charge in [0.2, 0.25) is 23.8 Å². The molecule has 0 aromatic carbocycles. The molecule has 0 amide bonds. The third-order valence-corrected chi connectivity index (χ3v) is 2.17. The smallest absolute Gasteiger partial charge is 0.344 e. The van der Waals surface area contributed by atoms with Gasteiger partial charge in [-0.1, -0.05) is 13.8 Å². The van der Waals surface area contributed by atoms with Crippen molar-refractivity contribution in [1.82, 2.24) is 0 Å². The van der Waals surface area contributed by atoms with E-state index in [1.807, 2.05) is 0 Å². The first-order valence-electron chi connectivity index (χ1n) is 4.50. The van der Waals surface area contributed by atoms with Gasteiger partial charge in [0.15, 0.2) is 0 Å². The first-order chi connectivity index (χ1) is 6.86. The second-order valence-corrected chi connectivity index (χ2v) is 3.71. The number of hydrogen-bond donors (Lipinski definition) is 2. The number of esters is 1. The molecule has 84 valence electrons.